The monoisotopic (exact) mass is 302 g/mol. The van der Waals surface area contributed by atoms with E-state index in [1.54, 1.807) is 27.9 Å². The van der Waals surface area contributed by atoms with Gasteiger partial charge < -0.3 is 19.9 Å². The molecule has 0 radical (unpaired) electrons. The number of carboxylic acid groups (broad SMARTS) is 1. The Bertz CT molecular complexity index is 393. The van der Waals surface area contributed by atoms with Gasteiger partial charge in [-0.15, -0.1) is 0 Å². The van der Waals surface area contributed by atoms with Gasteiger partial charge in [-0.25, -0.2) is 9.59 Å². The summed E-state index contributed by atoms with van der Waals surface area (Å²) in [6.45, 7) is 8.60. The lowest BCUT2D eigenvalue weighted by atomic mass is 9.99. The van der Waals surface area contributed by atoms with Crippen LogP contribution in [0, 0.1) is 0 Å². The fourth-order valence-corrected chi connectivity index (χ4v) is 2.31. The van der Waals surface area contributed by atoms with E-state index in [9.17, 15) is 14.7 Å². The number of carboxylic acids is 1. The Morgan fingerprint density at radius 3 is 2.52 bits per heavy atom. The molecule has 2 unspecified atom stereocenters. The number of methoxy groups -OCH3 is 1. The first-order chi connectivity index (χ1) is 9.58. The van der Waals surface area contributed by atoms with Crippen LogP contribution in [0.5, 0.6) is 0 Å². The second kappa shape index (κ2) is 6.62. The molecular formula is C14H26N2O5. The molecule has 122 valence electrons. The lowest BCUT2D eigenvalue weighted by Gasteiger charge is -2.28. The van der Waals surface area contributed by atoms with E-state index < -0.39 is 23.2 Å². The molecule has 1 heterocycles. The summed E-state index contributed by atoms with van der Waals surface area (Å²) in [5.41, 5.74) is -1.96. The predicted molar refractivity (Wildman–Crippen MR) is 77.3 cm³/mol. The first-order valence-electron chi connectivity index (χ1n) is 7.08. The number of hydrogen-bond donors (Lipinski definition) is 2. The summed E-state index contributed by atoms with van der Waals surface area (Å²) in [4.78, 5) is 25.4. The highest BCUT2D eigenvalue weighted by molar-refractivity contribution is 5.85. The van der Waals surface area contributed by atoms with E-state index in [1.807, 2.05) is 11.8 Å². The van der Waals surface area contributed by atoms with Crippen LogP contribution in [-0.4, -0.2) is 66.1 Å². The zero-order chi connectivity index (χ0) is 16.3. The molecule has 21 heavy (non-hydrogen) atoms. The van der Waals surface area contributed by atoms with Gasteiger partial charge in [0.05, 0.1) is 6.10 Å². The fourth-order valence-electron chi connectivity index (χ4n) is 2.31. The van der Waals surface area contributed by atoms with E-state index in [-0.39, 0.29) is 12.6 Å². The van der Waals surface area contributed by atoms with Crippen molar-refractivity contribution in [3.05, 3.63) is 0 Å². The van der Waals surface area contributed by atoms with E-state index in [2.05, 4.69) is 5.32 Å². The van der Waals surface area contributed by atoms with Crippen LogP contribution in [0.2, 0.25) is 0 Å². The van der Waals surface area contributed by atoms with Crippen LogP contribution in [0.3, 0.4) is 0 Å². The number of carbonyl (C=O) groups excluding carboxylic acids is 1. The number of hydrogen-bond acceptors (Lipinski definition) is 5. The van der Waals surface area contributed by atoms with Crippen molar-refractivity contribution in [3.8, 4) is 0 Å². The third kappa shape index (κ3) is 5.17. The molecule has 1 aliphatic rings. The number of aliphatic carboxylic acids is 1. The lowest BCUT2D eigenvalue weighted by molar-refractivity contribution is -0.144. The van der Waals surface area contributed by atoms with Gasteiger partial charge in [-0.3, -0.25) is 4.90 Å². The maximum atomic E-state index is 11.9. The van der Waals surface area contributed by atoms with Crippen LogP contribution < -0.4 is 5.32 Å². The minimum Gasteiger partial charge on any atom is -0.479 e. The summed E-state index contributed by atoms with van der Waals surface area (Å²) >= 11 is 0. The molecule has 1 fully saturated rings. The number of nitrogens with zero attached hydrogens (tertiary/aromatic N) is 1. The minimum absolute atomic E-state index is 0.0103. The number of likely N-dealkylation sites (tertiary alicyclic amines) is 1. The Kier molecular flexibility index (Phi) is 5.58. The van der Waals surface area contributed by atoms with Crippen molar-refractivity contribution in [1.82, 2.24) is 10.2 Å². The number of rotatable bonds is 5. The van der Waals surface area contributed by atoms with E-state index >= 15 is 0 Å². The van der Waals surface area contributed by atoms with E-state index in [0.29, 0.717) is 19.5 Å². The van der Waals surface area contributed by atoms with Crippen molar-refractivity contribution in [2.24, 2.45) is 0 Å². The standard InChI is InChI=1S/C14H26N2O5/c1-10(20-5)8-16-7-6-14(9-16,11(17)18)15-12(19)21-13(2,3)4/h10H,6-9H2,1-5H3,(H,15,19)(H,17,18). The molecule has 1 rings (SSSR count). The molecule has 0 saturated carbocycles. The number of amides is 1. The zero-order valence-electron chi connectivity index (χ0n) is 13.4. The van der Waals surface area contributed by atoms with Crippen molar-refractivity contribution in [2.45, 2.75) is 51.4 Å². The Balaban J connectivity index is 2.69. The Labute approximate surface area is 125 Å². The molecular weight excluding hydrogens is 276 g/mol. The van der Waals surface area contributed by atoms with Gasteiger partial charge in [0.25, 0.3) is 0 Å². The summed E-state index contributed by atoms with van der Waals surface area (Å²) in [5.74, 6) is -1.04. The van der Waals surface area contributed by atoms with Crippen LogP contribution in [0.1, 0.15) is 34.1 Å². The van der Waals surface area contributed by atoms with E-state index in [1.165, 1.54) is 0 Å². The van der Waals surface area contributed by atoms with Gasteiger partial charge in [-0.1, -0.05) is 0 Å². The zero-order valence-corrected chi connectivity index (χ0v) is 13.4. The highest BCUT2D eigenvalue weighted by Gasteiger charge is 2.47. The average Bonchev–Trinajstić information content (AvgIpc) is 2.70. The molecule has 2 N–H and O–H groups in total. The number of carbonyl (C=O) groups is 2. The largest absolute Gasteiger partial charge is 0.479 e. The van der Waals surface area contributed by atoms with Gasteiger partial charge in [-0.05, 0) is 34.1 Å². The Morgan fingerprint density at radius 1 is 1.43 bits per heavy atom. The minimum atomic E-state index is -1.30. The summed E-state index contributed by atoms with van der Waals surface area (Å²) < 4.78 is 10.3. The molecule has 0 aromatic rings. The van der Waals surface area contributed by atoms with Gasteiger partial charge in [0, 0.05) is 26.7 Å². The van der Waals surface area contributed by atoms with Crippen molar-refractivity contribution in [2.75, 3.05) is 26.7 Å². The van der Waals surface area contributed by atoms with Crippen molar-refractivity contribution >= 4 is 12.1 Å². The fraction of sp³-hybridized carbons (Fsp3) is 0.857. The molecule has 2 atom stereocenters. The van der Waals surface area contributed by atoms with E-state index in [4.69, 9.17) is 9.47 Å². The quantitative estimate of drug-likeness (QED) is 0.790. The summed E-state index contributed by atoms with van der Waals surface area (Å²) in [5, 5.41) is 12.0. The first kappa shape index (κ1) is 17.7. The second-order valence-corrected chi connectivity index (χ2v) is 6.55. The normalized spacial score (nSPS) is 24.6. The van der Waals surface area contributed by atoms with Crippen LogP contribution in [0.4, 0.5) is 4.79 Å². The van der Waals surface area contributed by atoms with Crippen LogP contribution in [0.25, 0.3) is 0 Å². The first-order valence-corrected chi connectivity index (χ1v) is 7.08. The topological polar surface area (TPSA) is 88.1 Å². The molecule has 0 aliphatic carbocycles. The van der Waals surface area contributed by atoms with Crippen molar-refractivity contribution in [1.29, 1.82) is 0 Å². The number of nitrogens with one attached hydrogen (secondary N) is 1. The molecule has 0 spiro atoms. The van der Waals surface area contributed by atoms with Gasteiger partial charge in [-0.2, -0.15) is 0 Å². The van der Waals surface area contributed by atoms with Crippen LogP contribution in [-0.2, 0) is 14.3 Å². The molecule has 1 amide bonds. The molecule has 1 saturated heterocycles. The number of ether oxygens (including phenoxy) is 2. The average molecular weight is 302 g/mol. The third-order valence-corrected chi connectivity index (χ3v) is 3.42. The molecule has 7 nitrogen and oxygen atoms in total. The van der Waals surface area contributed by atoms with Crippen molar-refractivity contribution in [3.63, 3.8) is 0 Å². The lowest BCUT2D eigenvalue weighted by Crippen LogP contribution is -2.57. The summed E-state index contributed by atoms with van der Waals surface area (Å²) in [6.07, 6.45) is -0.347. The second-order valence-electron chi connectivity index (χ2n) is 6.55. The maximum Gasteiger partial charge on any atom is 0.408 e. The summed E-state index contributed by atoms with van der Waals surface area (Å²) in [7, 11) is 1.62. The van der Waals surface area contributed by atoms with E-state index in [0.717, 1.165) is 0 Å². The van der Waals surface area contributed by atoms with Crippen LogP contribution in [0.15, 0.2) is 0 Å². The number of alkyl carbamates (subject to hydrolysis) is 1. The molecule has 1 aliphatic heterocycles. The Hall–Kier alpha value is -1.34. The molecule has 0 bridgehead atoms. The van der Waals surface area contributed by atoms with Gasteiger partial charge in [0.2, 0.25) is 0 Å². The van der Waals surface area contributed by atoms with Gasteiger partial charge in [0.15, 0.2) is 5.54 Å². The van der Waals surface area contributed by atoms with Gasteiger partial charge in [0.1, 0.15) is 5.60 Å². The maximum absolute atomic E-state index is 11.9. The SMILES string of the molecule is COC(C)CN1CCC(NC(=O)OC(C)(C)C)(C(=O)O)C1. The van der Waals surface area contributed by atoms with Crippen LogP contribution >= 0.6 is 0 Å². The predicted octanol–water partition coefficient (Wildman–Crippen LogP) is 1.08. The molecule has 0 aromatic carbocycles. The van der Waals surface area contributed by atoms with Gasteiger partial charge >= 0.3 is 12.1 Å². The smallest absolute Gasteiger partial charge is 0.408 e. The molecule has 7 heteroatoms. The van der Waals surface area contributed by atoms with Crippen molar-refractivity contribution < 1.29 is 24.2 Å². The Morgan fingerprint density at radius 2 is 2.05 bits per heavy atom. The summed E-state index contributed by atoms with van der Waals surface area (Å²) in [6, 6.07) is 0. The third-order valence-electron chi connectivity index (χ3n) is 3.42. The highest BCUT2D eigenvalue weighted by Crippen LogP contribution is 2.23. The highest BCUT2D eigenvalue weighted by atomic mass is 16.6. The molecule has 0 aromatic heterocycles.